The van der Waals surface area contributed by atoms with Crippen LogP contribution in [0.15, 0.2) is 121 Å². The van der Waals surface area contributed by atoms with Crippen LogP contribution in [0.4, 0.5) is 0 Å². The van der Waals surface area contributed by atoms with Crippen LogP contribution < -0.4 is 43.8 Å². The third-order valence-electron chi connectivity index (χ3n) is 11.9. The van der Waals surface area contributed by atoms with Crippen LogP contribution in [-0.4, -0.2) is 83.2 Å². The number of hydrogen-bond acceptors (Lipinski definition) is 8. The van der Waals surface area contributed by atoms with E-state index in [2.05, 4.69) is 31.6 Å². The second kappa shape index (κ2) is 25.9. The highest BCUT2D eigenvalue weighted by atomic mass is 16.2. The number of H-pyrrole nitrogens is 1. The van der Waals surface area contributed by atoms with Crippen LogP contribution >= 0.6 is 0 Å². The first-order valence-electron chi connectivity index (χ1n) is 23.6. The lowest BCUT2D eigenvalue weighted by Crippen LogP contribution is -2.61. The largest absolute Gasteiger partial charge is 0.368 e. The van der Waals surface area contributed by atoms with Gasteiger partial charge in [-0.2, -0.15) is 0 Å². The van der Waals surface area contributed by atoms with Crippen molar-refractivity contribution in [3.8, 4) is 0 Å². The highest BCUT2D eigenvalue weighted by molar-refractivity contribution is 5.97. The maximum Gasteiger partial charge on any atom is 0.244 e. The highest BCUT2D eigenvalue weighted by Gasteiger charge is 2.37. The van der Waals surface area contributed by atoms with E-state index >= 15 is 4.79 Å². The number of nitrogens with two attached hydrogens (primary N) is 3. The van der Waals surface area contributed by atoms with Crippen molar-refractivity contribution in [3.63, 3.8) is 0 Å². The molecule has 5 rings (SSSR count). The highest BCUT2D eigenvalue weighted by Crippen LogP contribution is 2.29. The standard InChI is InChI=1S/C53H69N9O6/c1-33(2)28-42(48(56)63)58-50(65)43(29-34(3)4)59-52(67)45(31-38-32-57-41-26-15-14-24-39(38)41)60-51(66)44(30-35-18-8-5-9-19-35)61-53(68)47(62-49(64)40(55)25-16-17-27-54)46(36-20-10-6-11-21-36)37-22-12-7-13-23-37/h5-15,18-24,26,32-34,40,42-47,57H,16-17,25,27-31,54-55H2,1-4H3,(H2,56,63)(H,58,65)(H,59,67)(H,60,66)(H,61,68)(H,62,64)/t40-,42-,43-,44-,45+,47+/m0/s1. The zero-order valence-electron chi connectivity index (χ0n) is 39.6. The monoisotopic (exact) mass is 928 g/mol. The molecule has 15 heteroatoms. The van der Waals surface area contributed by atoms with Crippen LogP contribution in [0.25, 0.3) is 10.9 Å². The molecule has 1 aromatic heterocycles. The predicted octanol–water partition coefficient (Wildman–Crippen LogP) is 4.24. The molecule has 0 fully saturated rings. The van der Waals surface area contributed by atoms with E-state index in [1.807, 2.05) is 143 Å². The fraction of sp³-hybridized carbons (Fsp3) is 0.396. The number of aromatic nitrogens is 1. The minimum atomic E-state index is -1.27. The zero-order chi connectivity index (χ0) is 49.2. The average molecular weight is 928 g/mol. The summed E-state index contributed by atoms with van der Waals surface area (Å²) in [6, 6.07) is 28.5. The summed E-state index contributed by atoms with van der Waals surface area (Å²) in [5, 5.41) is 15.3. The number of benzene rings is 4. The van der Waals surface area contributed by atoms with Crippen LogP contribution in [-0.2, 0) is 41.6 Å². The molecule has 362 valence electrons. The molecule has 4 aromatic carbocycles. The fourth-order valence-corrected chi connectivity index (χ4v) is 8.39. The normalized spacial score (nSPS) is 14.1. The first-order valence-corrected chi connectivity index (χ1v) is 23.6. The van der Waals surface area contributed by atoms with Crippen molar-refractivity contribution in [1.82, 2.24) is 31.6 Å². The number of primary amides is 1. The first kappa shape index (κ1) is 52.1. The quantitative estimate of drug-likeness (QED) is 0.0362. The van der Waals surface area contributed by atoms with Crippen molar-refractivity contribution >= 4 is 46.3 Å². The van der Waals surface area contributed by atoms with Crippen molar-refractivity contribution in [3.05, 3.63) is 144 Å². The Kier molecular flexibility index (Phi) is 19.9. The molecule has 15 nitrogen and oxygen atoms in total. The van der Waals surface area contributed by atoms with E-state index in [1.165, 1.54) is 0 Å². The zero-order valence-corrected chi connectivity index (χ0v) is 39.6. The average Bonchev–Trinajstić information content (AvgIpc) is 3.73. The second-order valence-electron chi connectivity index (χ2n) is 18.3. The number of unbranched alkanes of at least 4 members (excludes halogenated alkanes) is 1. The maximum atomic E-state index is 15.1. The van der Waals surface area contributed by atoms with Crippen LogP contribution in [0, 0.1) is 11.8 Å². The van der Waals surface area contributed by atoms with E-state index in [0.29, 0.717) is 32.2 Å². The van der Waals surface area contributed by atoms with E-state index in [0.717, 1.165) is 33.2 Å². The van der Waals surface area contributed by atoms with E-state index in [9.17, 15) is 24.0 Å². The number of rotatable bonds is 26. The van der Waals surface area contributed by atoms with E-state index < -0.39 is 77.6 Å². The molecule has 0 unspecified atom stereocenters. The topological polar surface area (TPSA) is 256 Å². The number of carbonyl (C=O) groups excluding carboxylic acids is 6. The van der Waals surface area contributed by atoms with Crippen molar-refractivity contribution in [2.24, 2.45) is 29.0 Å². The third-order valence-corrected chi connectivity index (χ3v) is 11.9. The summed E-state index contributed by atoms with van der Waals surface area (Å²) in [6.07, 6.45) is 3.96. The summed E-state index contributed by atoms with van der Waals surface area (Å²) >= 11 is 0. The van der Waals surface area contributed by atoms with Gasteiger partial charge in [0.05, 0.1) is 6.04 Å². The Balaban J connectivity index is 1.53. The van der Waals surface area contributed by atoms with Crippen molar-refractivity contribution in [2.75, 3.05) is 6.54 Å². The van der Waals surface area contributed by atoms with Gasteiger partial charge in [-0.3, -0.25) is 28.8 Å². The molecule has 6 atom stereocenters. The minimum Gasteiger partial charge on any atom is -0.368 e. The summed E-state index contributed by atoms with van der Waals surface area (Å²) in [5.74, 6) is -4.53. The molecule has 0 saturated carbocycles. The smallest absolute Gasteiger partial charge is 0.244 e. The minimum absolute atomic E-state index is 0.00564. The summed E-state index contributed by atoms with van der Waals surface area (Å²) < 4.78 is 0. The molecule has 6 amide bonds. The molecule has 1 heterocycles. The molecule has 0 aliphatic rings. The second-order valence-corrected chi connectivity index (χ2v) is 18.3. The lowest BCUT2D eigenvalue weighted by molar-refractivity contribution is -0.135. The predicted molar refractivity (Wildman–Crippen MR) is 266 cm³/mol. The van der Waals surface area contributed by atoms with Gasteiger partial charge in [-0.05, 0) is 72.4 Å². The molecule has 0 spiro atoms. The van der Waals surface area contributed by atoms with Crippen molar-refractivity contribution in [2.45, 2.75) is 115 Å². The molecular formula is C53H69N9O6. The van der Waals surface area contributed by atoms with Gasteiger partial charge in [0.25, 0.3) is 0 Å². The Morgan fingerprint density at radius 2 is 1.03 bits per heavy atom. The Bertz CT molecular complexity index is 2370. The molecule has 0 aliphatic heterocycles. The number of fused-ring (bicyclic) bond motifs is 1. The van der Waals surface area contributed by atoms with Gasteiger partial charge in [-0.25, -0.2) is 0 Å². The summed E-state index contributed by atoms with van der Waals surface area (Å²) in [5.41, 5.74) is 21.5. The van der Waals surface area contributed by atoms with Gasteiger partial charge in [-0.1, -0.05) is 143 Å². The molecule has 0 aliphatic carbocycles. The SMILES string of the molecule is CC(C)C[C@H](NC(=O)[C@H](CC(C)C)NC(=O)[C@@H](Cc1c[nH]c2ccccc12)NC(=O)[C@H](Cc1ccccc1)NC(=O)[C@H](NC(=O)[C@@H](N)CCCCN)C(c1ccccc1)c1ccccc1)C(N)=O. The molecule has 68 heavy (non-hydrogen) atoms. The molecule has 5 aromatic rings. The molecule has 0 bridgehead atoms. The summed E-state index contributed by atoms with van der Waals surface area (Å²) in [6.45, 7) is 8.06. The van der Waals surface area contributed by atoms with Crippen LogP contribution in [0.3, 0.4) is 0 Å². The Morgan fingerprint density at radius 3 is 1.60 bits per heavy atom. The van der Waals surface area contributed by atoms with Crippen molar-refractivity contribution < 1.29 is 28.8 Å². The third kappa shape index (κ3) is 15.4. The molecule has 0 saturated heterocycles. The number of nitrogens with one attached hydrogen (secondary N) is 6. The Labute approximate surface area is 399 Å². The van der Waals surface area contributed by atoms with Gasteiger partial charge in [0.1, 0.15) is 30.2 Å². The van der Waals surface area contributed by atoms with Crippen molar-refractivity contribution in [1.29, 1.82) is 0 Å². The molecule has 12 N–H and O–H groups in total. The van der Waals surface area contributed by atoms with Gasteiger partial charge >= 0.3 is 0 Å². The fourth-order valence-electron chi connectivity index (χ4n) is 8.39. The molecule has 0 radical (unpaired) electrons. The maximum absolute atomic E-state index is 15.1. The van der Waals surface area contributed by atoms with Crippen LogP contribution in [0.5, 0.6) is 0 Å². The van der Waals surface area contributed by atoms with Gasteiger partial charge in [0.15, 0.2) is 0 Å². The van der Waals surface area contributed by atoms with Gasteiger partial charge < -0.3 is 48.8 Å². The van der Waals surface area contributed by atoms with Gasteiger partial charge in [0, 0.05) is 35.9 Å². The van der Waals surface area contributed by atoms with E-state index in [-0.39, 0.29) is 31.1 Å². The number of amides is 6. The van der Waals surface area contributed by atoms with E-state index in [1.54, 1.807) is 6.20 Å². The number of para-hydroxylation sites is 1. The summed E-state index contributed by atoms with van der Waals surface area (Å²) in [7, 11) is 0. The van der Waals surface area contributed by atoms with Gasteiger partial charge in [0.2, 0.25) is 35.4 Å². The lowest BCUT2D eigenvalue weighted by Gasteiger charge is -2.31. The first-order chi connectivity index (χ1) is 32.6. The Hall–Kier alpha value is -6.84. The van der Waals surface area contributed by atoms with Gasteiger partial charge in [-0.15, -0.1) is 0 Å². The number of hydrogen-bond donors (Lipinski definition) is 9. The van der Waals surface area contributed by atoms with Crippen LogP contribution in [0.1, 0.15) is 88.0 Å². The van der Waals surface area contributed by atoms with E-state index in [4.69, 9.17) is 17.2 Å². The number of aromatic amines is 1. The number of carbonyl (C=O) groups is 6. The summed E-state index contributed by atoms with van der Waals surface area (Å²) in [4.78, 5) is 88.1. The Morgan fingerprint density at radius 1 is 0.544 bits per heavy atom. The molecular weight excluding hydrogens is 859 g/mol. The lowest BCUT2D eigenvalue weighted by atomic mass is 9.84. The van der Waals surface area contributed by atoms with Crippen LogP contribution in [0.2, 0.25) is 0 Å².